The fraction of sp³-hybridized carbons (Fsp3) is 0.737. The Hall–Kier alpha value is -1.69. The number of hydrogen-bond donors (Lipinski definition) is 1. The van der Waals surface area contributed by atoms with Crippen LogP contribution in [0.15, 0.2) is 12.4 Å². The molecule has 2 saturated heterocycles. The second-order valence-electron chi connectivity index (χ2n) is 8.71. The summed E-state index contributed by atoms with van der Waals surface area (Å²) in [6.45, 7) is 12.5. The molecule has 6 nitrogen and oxygen atoms in total. The average molecular weight is 343 g/mol. The Kier molecular flexibility index (Phi) is 3.98. The predicted molar refractivity (Wildman–Crippen MR) is 97.6 cm³/mol. The first-order valence-electron chi connectivity index (χ1n) is 9.48. The number of carbonyl (C=O) groups is 1. The number of nitrogens with one attached hydrogen (secondary N) is 1. The number of rotatable bonds is 2. The molecular weight excluding hydrogens is 314 g/mol. The fourth-order valence-electron chi connectivity index (χ4n) is 4.82. The van der Waals surface area contributed by atoms with Gasteiger partial charge in [-0.25, -0.2) is 9.97 Å². The highest BCUT2D eigenvalue weighted by atomic mass is 16.2. The fourth-order valence-corrected chi connectivity index (χ4v) is 4.82. The van der Waals surface area contributed by atoms with Crippen LogP contribution in [-0.4, -0.2) is 60.0 Å². The van der Waals surface area contributed by atoms with Crippen LogP contribution in [0.25, 0.3) is 0 Å². The molecule has 0 unspecified atom stereocenters. The molecule has 4 rings (SSSR count). The number of piperazine rings is 1. The molecule has 1 aromatic heterocycles. The third kappa shape index (κ3) is 2.71. The van der Waals surface area contributed by atoms with E-state index < -0.39 is 0 Å². The lowest BCUT2D eigenvalue weighted by molar-refractivity contribution is 0.0689. The third-order valence-electron chi connectivity index (χ3n) is 7.17. The van der Waals surface area contributed by atoms with Crippen molar-refractivity contribution in [1.82, 2.24) is 20.2 Å². The Balaban J connectivity index is 1.49. The van der Waals surface area contributed by atoms with Gasteiger partial charge in [0.1, 0.15) is 0 Å². The van der Waals surface area contributed by atoms with Crippen LogP contribution in [0.3, 0.4) is 0 Å². The number of carbonyl (C=O) groups excluding carboxylic acids is 1. The summed E-state index contributed by atoms with van der Waals surface area (Å²) in [6, 6.07) is 0. The van der Waals surface area contributed by atoms with Crippen molar-refractivity contribution in [2.24, 2.45) is 16.7 Å². The van der Waals surface area contributed by atoms with Crippen molar-refractivity contribution in [3.05, 3.63) is 18.0 Å². The van der Waals surface area contributed by atoms with E-state index in [2.05, 4.69) is 41.0 Å². The molecule has 6 heteroatoms. The highest BCUT2D eigenvalue weighted by Crippen LogP contribution is 2.59. The Morgan fingerprint density at radius 3 is 2.52 bits per heavy atom. The van der Waals surface area contributed by atoms with E-state index in [0.29, 0.717) is 22.3 Å². The molecule has 1 aromatic rings. The molecule has 3 heterocycles. The van der Waals surface area contributed by atoms with Crippen LogP contribution in [0.4, 0.5) is 5.95 Å². The van der Waals surface area contributed by atoms with Gasteiger partial charge in [0.05, 0.1) is 5.56 Å². The van der Waals surface area contributed by atoms with Gasteiger partial charge in [0.2, 0.25) is 5.95 Å². The van der Waals surface area contributed by atoms with E-state index in [-0.39, 0.29) is 5.91 Å². The molecule has 1 N–H and O–H groups in total. The maximum atomic E-state index is 12.5. The van der Waals surface area contributed by atoms with E-state index in [0.717, 1.165) is 45.2 Å². The van der Waals surface area contributed by atoms with Crippen LogP contribution in [0.1, 0.15) is 44.0 Å². The summed E-state index contributed by atoms with van der Waals surface area (Å²) < 4.78 is 0. The van der Waals surface area contributed by atoms with Gasteiger partial charge in [-0.05, 0) is 29.6 Å². The Labute approximate surface area is 150 Å². The number of aromatic nitrogens is 2. The molecule has 25 heavy (non-hydrogen) atoms. The topological polar surface area (TPSA) is 61.4 Å². The molecule has 2 aliphatic heterocycles. The molecular formula is C19H29N5O. The van der Waals surface area contributed by atoms with Gasteiger partial charge >= 0.3 is 0 Å². The summed E-state index contributed by atoms with van der Waals surface area (Å²) in [5, 5.41) is 3.27. The molecule has 3 aliphatic rings. The van der Waals surface area contributed by atoms with Gasteiger partial charge in [-0.15, -0.1) is 0 Å². The Morgan fingerprint density at radius 2 is 1.88 bits per heavy atom. The summed E-state index contributed by atoms with van der Waals surface area (Å²) in [4.78, 5) is 25.8. The lowest BCUT2D eigenvalue weighted by atomic mass is 9.63. The van der Waals surface area contributed by atoms with E-state index in [9.17, 15) is 4.79 Å². The number of nitrogens with zero attached hydrogens (tertiary/aromatic N) is 4. The lowest BCUT2D eigenvalue weighted by Gasteiger charge is -2.50. The summed E-state index contributed by atoms with van der Waals surface area (Å²) in [6.07, 6.45) is 5.98. The zero-order valence-corrected chi connectivity index (χ0v) is 15.6. The van der Waals surface area contributed by atoms with Gasteiger partial charge in [-0.3, -0.25) is 4.79 Å². The second kappa shape index (κ2) is 5.94. The van der Waals surface area contributed by atoms with Crippen LogP contribution in [-0.2, 0) is 0 Å². The minimum Gasteiger partial charge on any atom is -0.340 e. The van der Waals surface area contributed by atoms with Crippen molar-refractivity contribution in [1.29, 1.82) is 0 Å². The van der Waals surface area contributed by atoms with E-state index >= 15 is 0 Å². The summed E-state index contributed by atoms with van der Waals surface area (Å²) >= 11 is 0. The molecule has 2 bridgehead atoms. The minimum atomic E-state index is 0.0415. The van der Waals surface area contributed by atoms with Gasteiger partial charge < -0.3 is 15.1 Å². The van der Waals surface area contributed by atoms with Crippen molar-refractivity contribution >= 4 is 11.9 Å². The SMILES string of the molecule is CC1(C)[C@@H]2CC[C@@]1(C)CN(c1ncc(C(=O)N3CCNCC3)cn1)C2. The average Bonchev–Trinajstić information content (AvgIpc) is 2.78. The number of amides is 1. The second-order valence-corrected chi connectivity index (χ2v) is 8.71. The predicted octanol–water partition coefficient (Wildman–Crippen LogP) is 1.78. The van der Waals surface area contributed by atoms with Crippen molar-refractivity contribution in [2.45, 2.75) is 33.6 Å². The van der Waals surface area contributed by atoms with Crippen molar-refractivity contribution in [3.8, 4) is 0 Å². The molecule has 1 amide bonds. The number of piperidine rings is 1. The summed E-state index contributed by atoms with van der Waals surface area (Å²) in [5.74, 6) is 1.50. The molecule has 0 aromatic carbocycles. The van der Waals surface area contributed by atoms with Crippen LogP contribution >= 0.6 is 0 Å². The monoisotopic (exact) mass is 343 g/mol. The minimum absolute atomic E-state index is 0.0415. The highest BCUT2D eigenvalue weighted by Gasteiger charge is 2.55. The van der Waals surface area contributed by atoms with Crippen molar-refractivity contribution in [2.75, 3.05) is 44.2 Å². The zero-order chi connectivity index (χ0) is 17.7. The maximum absolute atomic E-state index is 12.5. The van der Waals surface area contributed by atoms with E-state index in [1.807, 2.05) is 4.90 Å². The Morgan fingerprint density at radius 1 is 1.20 bits per heavy atom. The summed E-state index contributed by atoms with van der Waals surface area (Å²) in [5.41, 5.74) is 1.29. The first-order valence-corrected chi connectivity index (χ1v) is 9.48. The molecule has 1 saturated carbocycles. The molecule has 1 aliphatic carbocycles. The Bertz CT molecular complexity index is 652. The van der Waals surface area contributed by atoms with Crippen LogP contribution < -0.4 is 10.2 Å². The van der Waals surface area contributed by atoms with Gasteiger partial charge in [0, 0.05) is 51.7 Å². The lowest BCUT2D eigenvalue weighted by Crippen LogP contribution is -2.52. The highest BCUT2D eigenvalue weighted by molar-refractivity contribution is 5.93. The van der Waals surface area contributed by atoms with Crippen LogP contribution in [0.2, 0.25) is 0 Å². The van der Waals surface area contributed by atoms with E-state index in [1.165, 1.54) is 12.8 Å². The standard InChI is InChI=1S/C19H29N5O/c1-18(2)15-4-5-19(18,3)13-24(12-15)17-21-10-14(11-22-17)16(25)23-8-6-20-7-9-23/h10-11,15,20H,4-9,12-13H2,1-3H3/t15-,19+/m1/s1. The first-order chi connectivity index (χ1) is 11.9. The maximum Gasteiger partial charge on any atom is 0.257 e. The van der Waals surface area contributed by atoms with E-state index in [1.54, 1.807) is 12.4 Å². The normalized spacial score (nSPS) is 31.2. The summed E-state index contributed by atoms with van der Waals surface area (Å²) in [7, 11) is 0. The largest absolute Gasteiger partial charge is 0.340 e. The quantitative estimate of drug-likeness (QED) is 0.887. The number of hydrogen-bond acceptors (Lipinski definition) is 5. The third-order valence-corrected chi connectivity index (χ3v) is 7.17. The van der Waals surface area contributed by atoms with E-state index in [4.69, 9.17) is 0 Å². The molecule has 2 atom stereocenters. The molecule has 0 radical (unpaired) electrons. The molecule has 3 fully saturated rings. The van der Waals surface area contributed by atoms with Gasteiger partial charge in [0.25, 0.3) is 5.91 Å². The van der Waals surface area contributed by atoms with Gasteiger partial charge in [0.15, 0.2) is 0 Å². The van der Waals surface area contributed by atoms with Crippen LogP contribution in [0, 0.1) is 16.7 Å². The van der Waals surface area contributed by atoms with Crippen molar-refractivity contribution in [3.63, 3.8) is 0 Å². The molecule has 0 spiro atoms. The number of fused-ring (bicyclic) bond motifs is 2. The van der Waals surface area contributed by atoms with Crippen LogP contribution in [0.5, 0.6) is 0 Å². The smallest absolute Gasteiger partial charge is 0.257 e. The molecule has 136 valence electrons. The van der Waals surface area contributed by atoms with Gasteiger partial charge in [-0.2, -0.15) is 0 Å². The van der Waals surface area contributed by atoms with Crippen molar-refractivity contribution < 1.29 is 4.79 Å². The number of anilines is 1. The first kappa shape index (κ1) is 16.8. The zero-order valence-electron chi connectivity index (χ0n) is 15.6. The van der Waals surface area contributed by atoms with Gasteiger partial charge in [-0.1, -0.05) is 20.8 Å².